The smallest absolute Gasteiger partial charge is 0.246 e. The van der Waals surface area contributed by atoms with Crippen molar-refractivity contribution < 1.29 is 8.42 Å². The molecule has 138 valence electrons. The summed E-state index contributed by atoms with van der Waals surface area (Å²) >= 11 is 12.2. The molecule has 0 unspecified atom stereocenters. The number of anilines is 2. The van der Waals surface area contributed by atoms with Crippen LogP contribution in [0.1, 0.15) is 20.8 Å². The molecular formula is C16H17Cl2N5O2S. The SMILES string of the molecule is CC(C)(C)NS(=O)(=O)c1cnn2c(Nc3cc(Cl)ccc3Cl)ccnc12. The number of nitrogens with zero attached hydrogens (tertiary/aromatic N) is 3. The minimum absolute atomic E-state index is 0.00624. The van der Waals surface area contributed by atoms with Gasteiger partial charge in [0.1, 0.15) is 10.7 Å². The van der Waals surface area contributed by atoms with E-state index in [9.17, 15) is 8.42 Å². The molecule has 10 heteroatoms. The number of rotatable bonds is 4. The zero-order valence-corrected chi connectivity index (χ0v) is 16.6. The van der Waals surface area contributed by atoms with E-state index in [4.69, 9.17) is 23.2 Å². The second-order valence-corrected chi connectivity index (χ2v) is 9.17. The molecule has 0 bridgehead atoms. The van der Waals surface area contributed by atoms with Crippen LogP contribution in [0, 0.1) is 0 Å². The normalized spacial score (nSPS) is 12.5. The van der Waals surface area contributed by atoms with E-state index in [2.05, 4.69) is 20.1 Å². The third-order valence-electron chi connectivity index (χ3n) is 3.29. The van der Waals surface area contributed by atoms with Crippen LogP contribution in [-0.4, -0.2) is 28.6 Å². The van der Waals surface area contributed by atoms with E-state index in [1.54, 1.807) is 45.0 Å². The summed E-state index contributed by atoms with van der Waals surface area (Å²) in [6.07, 6.45) is 2.76. The Morgan fingerprint density at radius 1 is 1.15 bits per heavy atom. The molecule has 0 atom stereocenters. The Bertz CT molecular complexity index is 1070. The fraction of sp³-hybridized carbons (Fsp3) is 0.250. The van der Waals surface area contributed by atoms with Gasteiger partial charge in [-0.1, -0.05) is 23.2 Å². The van der Waals surface area contributed by atoms with Crippen molar-refractivity contribution in [2.45, 2.75) is 31.2 Å². The standard InChI is InChI=1S/C16H17Cl2N5O2S/c1-16(2,3)22-26(24,25)13-9-20-23-14(6-7-19-15(13)23)21-12-8-10(17)4-5-11(12)18/h4-9,21-22H,1-3H3. The summed E-state index contributed by atoms with van der Waals surface area (Å²) in [6, 6.07) is 6.66. The van der Waals surface area contributed by atoms with Crippen molar-refractivity contribution in [2.24, 2.45) is 0 Å². The maximum Gasteiger partial charge on any atom is 0.246 e. The number of hydrogen-bond acceptors (Lipinski definition) is 5. The van der Waals surface area contributed by atoms with Crippen molar-refractivity contribution in [2.75, 3.05) is 5.32 Å². The third kappa shape index (κ3) is 3.93. The Hall–Kier alpha value is -1.87. The molecule has 2 heterocycles. The van der Waals surface area contributed by atoms with Crippen molar-refractivity contribution >= 4 is 50.4 Å². The molecule has 26 heavy (non-hydrogen) atoms. The van der Waals surface area contributed by atoms with Crippen molar-refractivity contribution in [3.05, 3.63) is 46.7 Å². The number of hydrogen-bond donors (Lipinski definition) is 2. The van der Waals surface area contributed by atoms with Gasteiger partial charge in [0.25, 0.3) is 0 Å². The number of halogens is 2. The summed E-state index contributed by atoms with van der Waals surface area (Å²) in [4.78, 5) is 4.16. The molecule has 0 fully saturated rings. The fourth-order valence-electron chi connectivity index (χ4n) is 2.34. The van der Waals surface area contributed by atoms with Crippen molar-refractivity contribution in [3.8, 4) is 0 Å². The monoisotopic (exact) mass is 413 g/mol. The first-order valence-corrected chi connectivity index (χ1v) is 9.89. The zero-order chi connectivity index (χ0) is 19.1. The van der Waals surface area contributed by atoms with E-state index < -0.39 is 15.6 Å². The van der Waals surface area contributed by atoms with Crippen molar-refractivity contribution in [3.63, 3.8) is 0 Å². The molecule has 0 saturated carbocycles. The van der Waals surface area contributed by atoms with Crippen molar-refractivity contribution in [1.82, 2.24) is 19.3 Å². The van der Waals surface area contributed by atoms with Gasteiger partial charge < -0.3 is 5.32 Å². The number of aromatic nitrogens is 3. The van der Waals surface area contributed by atoms with Crippen LogP contribution in [0.5, 0.6) is 0 Å². The fourth-order valence-corrected chi connectivity index (χ4v) is 4.16. The molecule has 0 amide bonds. The lowest BCUT2D eigenvalue weighted by atomic mass is 10.1. The van der Waals surface area contributed by atoms with Gasteiger partial charge in [-0.3, -0.25) is 0 Å². The van der Waals surface area contributed by atoms with Gasteiger partial charge in [-0.05, 0) is 45.0 Å². The Labute approximate surface area is 161 Å². The lowest BCUT2D eigenvalue weighted by Gasteiger charge is -2.19. The average molecular weight is 414 g/mol. The Morgan fingerprint density at radius 2 is 1.88 bits per heavy atom. The second-order valence-electron chi connectivity index (χ2n) is 6.68. The first-order valence-electron chi connectivity index (χ1n) is 7.66. The maximum absolute atomic E-state index is 12.6. The van der Waals surface area contributed by atoms with Crippen LogP contribution in [0.3, 0.4) is 0 Å². The van der Waals surface area contributed by atoms with Gasteiger partial charge in [0.05, 0.1) is 16.9 Å². The van der Waals surface area contributed by atoms with E-state index in [0.29, 0.717) is 21.6 Å². The van der Waals surface area contributed by atoms with Crippen LogP contribution < -0.4 is 10.0 Å². The Kier molecular flexibility index (Phi) is 4.87. The molecule has 0 aliphatic heterocycles. The summed E-state index contributed by atoms with van der Waals surface area (Å²) in [5.74, 6) is 0.497. The Balaban J connectivity index is 2.06. The topological polar surface area (TPSA) is 88.4 Å². The first kappa shape index (κ1) is 18.9. The van der Waals surface area contributed by atoms with Gasteiger partial charge in [0.15, 0.2) is 5.65 Å². The number of fused-ring (bicyclic) bond motifs is 1. The maximum atomic E-state index is 12.6. The average Bonchev–Trinajstić information content (AvgIpc) is 2.94. The van der Waals surface area contributed by atoms with E-state index in [0.717, 1.165) is 0 Å². The molecule has 3 rings (SSSR count). The minimum Gasteiger partial charge on any atom is -0.339 e. The first-order chi connectivity index (χ1) is 12.1. The highest BCUT2D eigenvalue weighted by atomic mass is 35.5. The summed E-state index contributed by atoms with van der Waals surface area (Å²) < 4.78 is 29.2. The molecule has 3 aromatic rings. The largest absolute Gasteiger partial charge is 0.339 e. The summed E-state index contributed by atoms with van der Waals surface area (Å²) in [5.41, 5.74) is 0.140. The molecule has 0 aliphatic rings. The summed E-state index contributed by atoms with van der Waals surface area (Å²) in [7, 11) is -3.78. The Morgan fingerprint density at radius 3 is 2.58 bits per heavy atom. The molecule has 2 N–H and O–H groups in total. The lowest BCUT2D eigenvalue weighted by molar-refractivity contribution is 0.492. The molecule has 0 saturated heterocycles. The van der Waals surface area contributed by atoms with Crippen LogP contribution in [0.4, 0.5) is 11.5 Å². The van der Waals surface area contributed by atoms with Gasteiger partial charge in [0, 0.05) is 16.8 Å². The van der Waals surface area contributed by atoms with Gasteiger partial charge in [-0.15, -0.1) is 0 Å². The van der Waals surface area contributed by atoms with E-state index in [1.165, 1.54) is 16.9 Å². The van der Waals surface area contributed by atoms with Gasteiger partial charge in [-0.2, -0.15) is 9.61 Å². The number of benzene rings is 1. The van der Waals surface area contributed by atoms with Gasteiger partial charge in [0.2, 0.25) is 10.0 Å². The third-order valence-corrected chi connectivity index (χ3v) is 5.60. The van der Waals surface area contributed by atoms with E-state index in [-0.39, 0.29) is 10.5 Å². The van der Waals surface area contributed by atoms with Crippen molar-refractivity contribution in [1.29, 1.82) is 0 Å². The summed E-state index contributed by atoms with van der Waals surface area (Å²) in [5, 5.41) is 8.24. The molecule has 7 nitrogen and oxygen atoms in total. The predicted molar refractivity (Wildman–Crippen MR) is 103 cm³/mol. The highest BCUT2D eigenvalue weighted by molar-refractivity contribution is 7.89. The molecule has 2 aromatic heterocycles. The van der Waals surface area contributed by atoms with Crippen LogP contribution in [0.15, 0.2) is 41.6 Å². The molecule has 0 spiro atoms. The summed E-state index contributed by atoms with van der Waals surface area (Å²) in [6.45, 7) is 5.29. The highest BCUT2D eigenvalue weighted by Crippen LogP contribution is 2.29. The minimum atomic E-state index is -3.78. The molecular weight excluding hydrogens is 397 g/mol. The quantitative estimate of drug-likeness (QED) is 0.677. The van der Waals surface area contributed by atoms with E-state index >= 15 is 0 Å². The molecule has 0 aliphatic carbocycles. The predicted octanol–water partition coefficient (Wildman–Crippen LogP) is 3.86. The van der Waals surface area contributed by atoms with Crippen LogP contribution in [0.25, 0.3) is 5.65 Å². The number of nitrogens with one attached hydrogen (secondary N) is 2. The molecule has 1 aromatic carbocycles. The van der Waals surface area contributed by atoms with Crippen LogP contribution in [-0.2, 0) is 10.0 Å². The zero-order valence-electron chi connectivity index (χ0n) is 14.3. The van der Waals surface area contributed by atoms with E-state index in [1.807, 2.05) is 0 Å². The highest BCUT2D eigenvalue weighted by Gasteiger charge is 2.26. The lowest BCUT2D eigenvalue weighted by Crippen LogP contribution is -2.40. The number of sulfonamides is 1. The second kappa shape index (κ2) is 6.70. The van der Waals surface area contributed by atoms with Gasteiger partial charge >= 0.3 is 0 Å². The van der Waals surface area contributed by atoms with Crippen LogP contribution >= 0.6 is 23.2 Å². The molecule has 0 radical (unpaired) electrons. The van der Waals surface area contributed by atoms with Crippen LogP contribution in [0.2, 0.25) is 10.0 Å². The van der Waals surface area contributed by atoms with Gasteiger partial charge in [-0.25, -0.2) is 18.1 Å².